The number of rotatable bonds is 7. The van der Waals surface area contributed by atoms with Crippen molar-refractivity contribution < 1.29 is 19.1 Å². The number of benzene rings is 2. The molecule has 0 N–H and O–H groups in total. The van der Waals surface area contributed by atoms with Crippen LogP contribution in [0.1, 0.15) is 30.0 Å². The summed E-state index contributed by atoms with van der Waals surface area (Å²) in [5, 5.41) is 8.86. The van der Waals surface area contributed by atoms with E-state index in [2.05, 4.69) is 6.07 Å². The van der Waals surface area contributed by atoms with E-state index in [0.717, 1.165) is 28.6 Å². The number of ether oxygens (including phenoxy) is 2. The Morgan fingerprint density at radius 1 is 1.17 bits per heavy atom. The second kappa shape index (κ2) is 9.30. The highest BCUT2D eigenvalue weighted by Crippen LogP contribution is 2.35. The van der Waals surface area contributed by atoms with Crippen molar-refractivity contribution in [3.8, 4) is 17.6 Å². The lowest BCUT2D eigenvalue weighted by molar-refractivity contribution is -0.123. The quantitative estimate of drug-likeness (QED) is 0.623. The molecule has 0 bridgehead atoms. The van der Waals surface area contributed by atoms with Crippen LogP contribution < -0.4 is 9.47 Å². The smallest absolute Gasteiger partial charge is 0.293 e. The molecule has 2 aromatic rings. The monoisotopic (exact) mass is 408 g/mol. The van der Waals surface area contributed by atoms with Gasteiger partial charge in [-0.05, 0) is 53.6 Å². The Labute approximate surface area is 173 Å². The van der Waals surface area contributed by atoms with E-state index in [-0.39, 0.29) is 17.7 Å². The SMILES string of the molecule is CCCOc1ccc(/C=C2\SC(=O)N(Cc3ccccc3C#N)C2=O)cc1OC. The lowest BCUT2D eigenvalue weighted by atomic mass is 10.1. The summed E-state index contributed by atoms with van der Waals surface area (Å²) in [6.45, 7) is 2.67. The molecule has 2 amide bonds. The molecule has 0 unspecified atom stereocenters. The number of thioether (sulfide) groups is 1. The molecule has 1 saturated heterocycles. The maximum Gasteiger partial charge on any atom is 0.293 e. The van der Waals surface area contributed by atoms with Crippen LogP contribution in [-0.2, 0) is 11.3 Å². The maximum absolute atomic E-state index is 12.8. The molecule has 1 aliphatic heterocycles. The summed E-state index contributed by atoms with van der Waals surface area (Å²) < 4.78 is 11.0. The number of hydrogen-bond acceptors (Lipinski definition) is 6. The van der Waals surface area contributed by atoms with Gasteiger partial charge in [0.05, 0.1) is 36.8 Å². The summed E-state index contributed by atoms with van der Waals surface area (Å²) in [7, 11) is 1.55. The van der Waals surface area contributed by atoms with Crippen molar-refractivity contribution in [1.82, 2.24) is 4.90 Å². The van der Waals surface area contributed by atoms with E-state index in [9.17, 15) is 14.9 Å². The van der Waals surface area contributed by atoms with Gasteiger partial charge in [0, 0.05) is 0 Å². The summed E-state index contributed by atoms with van der Waals surface area (Å²) in [6.07, 6.45) is 2.54. The molecular weight excluding hydrogens is 388 g/mol. The fourth-order valence-corrected chi connectivity index (χ4v) is 3.67. The molecule has 2 aromatic carbocycles. The van der Waals surface area contributed by atoms with E-state index in [1.165, 1.54) is 0 Å². The van der Waals surface area contributed by atoms with Crippen LogP contribution in [0, 0.1) is 11.3 Å². The van der Waals surface area contributed by atoms with Crippen LogP contribution in [0.25, 0.3) is 6.08 Å². The van der Waals surface area contributed by atoms with Gasteiger partial charge in [0.1, 0.15) is 0 Å². The zero-order valence-electron chi connectivity index (χ0n) is 16.2. The number of carbonyl (C=O) groups is 2. The Balaban J connectivity index is 1.82. The van der Waals surface area contributed by atoms with Gasteiger partial charge >= 0.3 is 0 Å². The van der Waals surface area contributed by atoms with Gasteiger partial charge in [0.15, 0.2) is 11.5 Å². The molecule has 3 rings (SSSR count). The second-order valence-electron chi connectivity index (χ2n) is 6.30. The third-order valence-corrected chi connectivity index (χ3v) is 5.19. The number of imide groups is 1. The first-order valence-electron chi connectivity index (χ1n) is 9.11. The summed E-state index contributed by atoms with van der Waals surface area (Å²) in [6, 6.07) is 14.4. The molecule has 7 heteroatoms. The molecule has 0 aromatic heterocycles. The van der Waals surface area contributed by atoms with E-state index in [4.69, 9.17) is 9.47 Å². The van der Waals surface area contributed by atoms with Crippen molar-refractivity contribution in [2.24, 2.45) is 0 Å². The molecule has 1 aliphatic rings. The predicted molar refractivity (Wildman–Crippen MR) is 111 cm³/mol. The molecule has 0 atom stereocenters. The minimum absolute atomic E-state index is 0.0683. The van der Waals surface area contributed by atoms with Crippen molar-refractivity contribution in [2.45, 2.75) is 19.9 Å². The van der Waals surface area contributed by atoms with E-state index in [0.29, 0.717) is 34.1 Å². The van der Waals surface area contributed by atoms with Gasteiger partial charge in [-0.3, -0.25) is 14.5 Å². The highest BCUT2D eigenvalue weighted by molar-refractivity contribution is 8.18. The van der Waals surface area contributed by atoms with Gasteiger partial charge in [-0.15, -0.1) is 0 Å². The third kappa shape index (κ3) is 4.61. The van der Waals surface area contributed by atoms with Gasteiger partial charge in [-0.2, -0.15) is 5.26 Å². The zero-order chi connectivity index (χ0) is 20.8. The number of carbonyl (C=O) groups excluding carboxylic acids is 2. The van der Waals surface area contributed by atoms with Crippen LogP contribution in [0.3, 0.4) is 0 Å². The van der Waals surface area contributed by atoms with Crippen LogP contribution in [0.5, 0.6) is 11.5 Å². The average molecular weight is 408 g/mol. The number of nitriles is 1. The van der Waals surface area contributed by atoms with E-state index in [1.807, 2.05) is 13.0 Å². The number of methoxy groups -OCH3 is 1. The minimum atomic E-state index is -0.377. The van der Waals surface area contributed by atoms with Crippen LogP contribution >= 0.6 is 11.8 Å². The minimum Gasteiger partial charge on any atom is -0.493 e. The van der Waals surface area contributed by atoms with Crippen molar-refractivity contribution >= 4 is 29.0 Å². The summed E-state index contributed by atoms with van der Waals surface area (Å²) >= 11 is 0.884. The van der Waals surface area contributed by atoms with Crippen molar-refractivity contribution in [3.05, 3.63) is 64.1 Å². The molecule has 148 valence electrons. The highest BCUT2D eigenvalue weighted by atomic mass is 32.2. The summed E-state index contributed by atoms with van der Waals surface area (Å²) in [5.41, 5.74) is 1.81. The van der Waals surface area contributed by atoms with Gasteiger partial charge in [0.2, 0.25) is 0 Å². The van der Waals surface area contributed by atoms with Crippen molar-refractivity contribution in [3.63, 3.8) is 0 Å². The Kier molecular flexibility index (Phi) is 6.57. The van der Waals surface area contributed by atoms with Gasteiger partial charge in [0.25, 0.3) is 11.1 Å². The molecule has 0 spiro atoms. The first-order valence-corrected chi connectivity index (χ1v) is 9.93. The lowest BCUT2D eigenvalue weighted by Gasteiger charge is -2.13. The van der Waals surface area contributed by atoms with Gasteiger partial charge < -0.3 is 9.47 Å². The largest absolute Gasteiger partial charge is 0.493 e. The number of hydrogen-bond donors (Lipinski definition) is 0. The fraction of sp³-hybridized carbons (Fsp3) is 0.227. The van der Waals surface area contributed by atoms with Crippen molar-refractivity contribution in [1.29, 1.82) is 5.26 Å². The molecule has 6 nitrogen and oxygen atoms in total. The normalized spacial score (nSPS) is 14.9. The van der Waals surface area contributed by atoms with E-state index >= 15 is 0 Å². The maximum atomic E-state index is 12.8. The van der Waals surface area contributed by atoms with Crippen LogP contribution in [0.2, 0.25) is 0 Å². The molecular formula is C22H20N2O4S. The van der Waals surface area contributed by atoms with Gasteiger partial charge in [-0.25, -0.2) is 0 Å². The highest BCUT2D eigenvalue weighted by Gasteiger charge is 2.35. The zero-order valence-corrected chi connectivity index (χ0v) is 17.0. The molecule has 0 saturated carbocycles. The molecule has 0 aliphatic carbocycles. The molecule has 1 heterocycles. The van der Waals surface area contributed by atoms with Crippen LogP contribution in [0.4, 0.5) is 4.79 Å². The predicted octanol–water partition coefficient (Wildman–Crippen LogP) is 4.59. The standard InChI is InChI=1S/C22H20N2O4S/c1-3-10-28-18-9-8-15(11-19(18)27-2)12-20-21(25)24(22(26)29-20)14-17-7-5-4-6-16(17)13-23/h4-9,11-12H,3,10,14H2,1-2H3/b20-12-. The Hall–Kier alpha value is -3.24. The Morgan fingerprint density at radius 3 is 2.69 bits per heavy atom. The molecule has 1 fully saturated rings. The van der Waals surface area contributed by atoms with Crippen LogP contribution in [-0.4, -0.2) is 29.8 Å². The number of nitrogens with zero attached hydrogens (tertiary/aromatic N) is 2. The van der Waals surface area contributed by atoms with Crippen LogP contribution in [0.15, 0.2) is 47.4 Å². The molecule has 29 heavy (non-hydrogen) atoms. The summed E-state index contributed by atoms with van der Waals surface area (Å²) in [4.78, 5) is 26.6. The van der Waals surface area contributed by atoms with E-state index in [1.54, 1.807) is 49.6 Å². The topological polar surface area (TPSA) is 79.6 Å². The second-order valence-corrected chi connectivity index (χ2v) is 7.29. The first kappa shape index (κ1) is 20.5. The van der Waals surface area contributed by atoms with E-state index < -0.39 is 0 Å². The average Bonchev–Trinajstić information content (AvgIpc) is 3.00. The molecule has 0 radical (unpaired) electrons. The van der Waals surface area contributed by atoms with Gasteiger partial charge in [-0.1, -0.05) is 31.2 Å². The Morgan fingerprint density at radius 2 is 1.97 bits per heavy atom. The fourth-order valence-electron chi connectivity index (χ4n) is 2.83. The first-order chi connectivity index (χ1) is 14.1. The third-order valence-electron chi connectivity index (χ3n) is 4.29. The summed E-state index contributed by atoms with van der Waals surface area (Å²) in [5.74, 6) is 0.820. The lowest BCUT2D eigenvalue weighted by Crippen LogP contribution is -2.27. The Bertz CT molecular complexity index is 1010. The van der Waals surface area contributed by atoms with Crippen molar-refractivity contribution in [2.75, 3.05) is 13.7 Å². The number of amides is 2.